The number of ether oxygens (including phenoxy) is 1. The third-order valence-electron chi connectivity index (χ3n) is 2.88. The lowest BCUT2D eigenvalue weighted by Crippen LogP contribution is -2.04. The molecule has 0 amide bonds. The highest BCUT2D eigenvalue weighted by atomic mass is 16.5. The first-order valence-corrected chi connectivity index (χ1v) is 6.20. The fourth-order valence-corrected chi connectivity index (χ4v) is 1.81. The van der Waals surface area contributed by atoms with Crippen molar-refractivity contribution < 1.29 is 34.4 Å². The van der Waals surface area contributed by atoms with Crippen LogP contribution in [0.15, 0.2) is 36.4 Å². The topological polar surface area (TPSA) is 147 Å². The average Bonchev–Trinajstić information content (AvgIpc) is 2.48. The SMILES string of the molecule is Nc1cc(C(=O)O)ccc1Oc1cc(C(=O)O)cc(C(=O)O)c1. The van der Waals surface area contributed by atoms with Gasteiger partial charge in [-0.3, -0.25) is 0 Å². The Kier molecular flexibility index (Phi) is 4.17. The summed E-state index contributed by atoms with van der Waals surface area (Å²) in [5, 5.41) is 26.8. The van der Waals surface area contributed by atoms with E-state index >= 15 is 0 Å². The molecule has 23 heavy (non-hydrogen) atoms. The molecular formula is C15H11NO7. The summed E-state index contributed by atoms with van der Waals surface area (Å²) in [6.07, 6.45) is 0. The first-order valence-electron chi connectivity index (χ1n) is 6.20. The molecule has 2 aromatic carbocycles. The van der Waals surface area contributed by atoms with Gasteiger partial charge in [0.25, 0.3) is 0 Å². The minimum Gasteiger partial charge on any atom is -0.478 e. The number of hydrogen-bond acceptors (Lipinski definition) is 5. The smallest absolute Gasteiger partial charge is 0.335 e. The van der Waals surface area contributed by atoms with Gasteiger partial charge in [0, 0.05) is 0 Å². The van der Waals surface area contributed by atoms with E-state index in [1.54, 1.807) is 0 Å². The molecule has 0 heterocycles. The molecule has 5 N–H and O–H groups in total. The van der Waals surface area contributed by atoms with Crippen molar-refractivity contribution in [1.82, 2.24) is 0 Å². The van der Waals surface area contributed by atoms with E-state index in [4.69, 9.17) is 25.8 Å². The highest BCUT2D eigenvalue weighted by molar-refractivity contribution is 5.94. The number of hydrogen-bond donors (Lipinski definition) is 4. The molecule has 8 heteroatoms. The Morgan fingerprint density at radius 2 is 1.30 bits per heavy atom. The number of carboxylic acid groups (broad SMARTS) is 3. The molecule has 0 aromatic heterocycles. The van der Waals surface area contributed by atoms with Crippen molar-refractivity contribution in [2.24, 2.45) is 0 Å². The van der Waals surface area contributed by atoms with Crippen LogP contribution in [0.1, 0.15) is 31.1 Å². The van der Waals surface area contributed by atoms with Crippen LogP contribution in [-0.2, 0) is 0 Å². The zero-order valence-electron chi connectivity index (χ0n) is 11.5. The Morgan fingerprint density at radius 3 is 1.74 bits per heavy atom. The molecule has 8 nitrogen and oxygen atoms in total. The monoisotopic (exact) mass is 317 g/mol. The Hall–Kier alpha value is -3.55. The van der Waals surface area contributed by atoms with Gasteiger partial charge < -0.3 is 25.8 Å². The molecule has 0 aliphatic heterocycles. The first-order chi connectivity index (χ1) is 10.8. The van der Waals surface area contributed by atoms with E-state index < -0.39 is 17.9 Å². The van der Waals surface area contributed by atoms with Crippen molar-refractivity contribution in [3.05, 3.63) is 53.1 Å². The van der Waals surface area contributed by atoms with Crippen molar-refractivity contribution in [2.45, 2.75) is 0 Å². The van der Waals surface area contributed by atoms with E-state index in [1.807, 2.05) is 0 Å². The van der Waals surface area contributed by atoms with Crippen molar-refractivity contribution in [3.63, 3.8) is 0 Å². The number of benzene rings is 2. The normalized spacial score (nSPS) is 10.1. The molecular weight excluding hydrogens is 306 g/mol. The molecule has 0 atom stereocenters. The minimum atomic E-state index is -1.31. The Balaban J connectivity index is 2.41. The second-order valence-corrected chi connectivity index (χ2v) is 4.52. The molecule has 2 rings (SSSR count). The predicted octanol–water partition coefficient (Wildman–Crippen LogP) is 2.16. The van der Waals surface area contributed by atoms with Gasteiger partial charge in [0.2, 0.25) is 0 Å². The first kappa shape index (κ1) is 15.8. The summed E-state index contributed by atoms with van der Waals surface area (Å²) in [4.78, 5) is 32.9. The Labute approximate surface area is 129 Å². The van der Waals surface area contributed by atoms with Gasteiger partial charge in [0.1, 0.15) is 11.5 Å². The summed E-state index contributed by atoms with van der Waals surface area (Å²) in [7, 11) is 0. The maximum atomic E-state index is 11.0. The molecule has 0 spiro atoms. The van der Waals surface area contributed by atoms with Crippen molar-refractivity contribution >= 4 is 23.6 Å². The van der Waals surface area contributed by atoms with Gasteiger partial charge in [-0.2, -0.15) is 0 Å². The zero-order valence-corrected chi connectivity index (χ0v) is 11.5. The quantitative estimate of drug-likeness (QED) is 0.613. The van der Waals surface area contributed by atoms with Gasteiger partial charge >= 0.3 is 17.9 Å². The number of carbonyl (C=O) groups is 3. The van der Waals surface area contributed by atoms with Crippen LogP contribution in [0.4, 0.5) is 5.69 Å². The van der Waals surface area contributed by atoms with E-state index in [0.29, 0.717) is 0 Å². The van der Waals surface area contributed by atoms with Gasteiger partial charge in [-0.15, -0.1) is 0 Å². The fourth-order valence-electron chi connectivity index (χ4n) is 1.81. The van der Waals surface area contributed by atoms with Crippen molar-refractivity contribution in [2.75, 3.05) is 5.73 Å². The maximum absolute atomic E-state index is 11.0. The predicted molar refractivity (Wildman–Crippen MR) is 78.2 cm³/mol. The van der Waals surface area contributed by atoms with Crippen LogP contribution >= 0.6 is 0 Å². The lowest BCUT2D eigenvalue weighted by molar-refractivity contribution is 0.0681. The number of nitrogens with two attached hydrogens (primary N) is 1. The highest BCUT2D eigenvalue weighted by Gasteiger charge is 2.14. The Morgan fingerprint density at radius 1 is 0.783 bits per heavy atom. The molecule has 0 saturated heterocycles. The number of carboxylic acids is 3. The summed E-state index contributed by atoms with van der Waals surface area (Å²) in [6.45, 7) is 0. The van der Waals surface area contributed by atoms with Crippen LogP contribution in [0.3, 0.4) is 0 Å². The molecule has 0 fully saturated rings. The van der Waals surface area contributed by atoms with Crippen LogP contribution in [-0.4, -0.2) is 33.2 Å². The van der Waals surface area contributed by atoms with Crippen LogP contribution < -0.4 is 10.5 Å². The molecule has 0 unspecified atom stereocenters. The molecule has 2 aromatic rings. The van der Waals surface area contributed by atoms with Gasteiger partial charge in [0.15, 0.2) is 0 Å². The fraction of sp³-hybridized carbons (Fsp3) is 0. The standard InChI is InChI=1S/C15H11NO7/c16-11-6-7(13(17)18)1-2-12(11)23-10-4-8(14(19)20)3-9(5-10)15(21)22/h1-6H,16H2,(H,17,18)(H,19,20)(H,21,22). The van der Waals surface area contributed by atoms with Gasteiger partial charge in [-0.25, -0.2) is 14.4 Å². The molecule has 0 saturated carbocycles. The molecule has 118 valence electrons. The molecule has 0 radical (unpaired) electrons. The molecule has 0 aliphatic rings. The van der Waals surface area contributed by atoms with E-state index in [2.05, 4.69) is 0 Å². The van der Waals surface area contributed by atoms with E-state index in [1.165, 1.54) is 18.2 Å². The second-order valence-electron chi connectivity index (χ2n) is 4.52. The average molecular weight is 317 g/mol. The van der Waals surface area contributed by atoms with E-state index in [0.717, 1.165) is 18.2 Å². The zero-order chi connectivity index (χ0) is 17.1. The number of anilines is 1. The van der Waals surface area contributed by atoms with E-state index in [-0.39, 0.29) is 33.9 Å². The van der Waals surface area contributed by atoms with Crippen molar-refractivity contribution in [3.8, 4) is 11.5 Å². The lowest BCUT2D eigenvalue weighted by Gasteiger charge is -2.10. The maximum Gasteiger partial charge on any atom is 0.335 e. The number of aromatic carboxylic acids is 3. The third kappa shape index (κ3) is 3.56. The summed E-state index contributed by atoms with van der Waals surface area (Å²) in [5.74, 6) is -3.76. The minimum absolute atomic E-state index is 0.0162. The summed E-state index contributed by atoms with van der Waals surface area (Å²) < 4.78 is 5.38. The molecule has 0 bridgehead atoms. The summed E-state index contributed by atoms with van der Waals surface area (Å²) in [6, 6.07) is 7.00. The molecule has 0 aliphatic carbocycles. The largest absolute Gasteiger partial charge is 0.478 e. The number of rotatable bonds is 5. The van der Waals surface area contributed by atoms with Crippen LogP contribution in [0.5, 0.6) is 11.5 Å². The van der Waals surface area contributed by atoms with Crippen LogP contribution in [0.25, 0.3) is 0 Å². The summed E-state index contributed by atoms with van der Waals surface area (Å²) >= 11 is 0. The summed E-state index contributed by atoms with van der Waals surface area (Å²) in [5.41, 5.74) is 5.13. The second kappa shape index (κ2) is 6.06. The highest BCUT2D eigenvalue weighted by Crippen LogP contribution is 2.29. The lowest BCUT2D eigenvalue weighted by atomic mass is 10.1. The van der Waals surface area contributed by atoms with Crippen LogP contribution in [0.2, 0.25) is 0 Å². The van der Waals surface area contributed by atoms with Gasteiger partial charge in [-0.1, -0.05) is 0 Å². The van der Waals surface area contributed by atoms with Gasteiger partial charge in [-0.05, 0) is 36.4 Å². The van der Waals surface area contributed by atoms with Gasteiger partial charge in [0.05, 0.1) is 22.4 Å². The van der Waals surface area contributed by atoms with E-state index in [9.17, 15) is 14.4 Å². The van der Waals surface area contributed by atoms with Crippen LogP contribution in [0, 0.1) is 0 Å². The number of nitrogen functional groups attached to an aromatic ring is 1. The Bertz CT molecular complexity index is 781. The third-order valence-corrected chi connectivity index (χ3v) is 2.88. The van der Waals surface area contributed by atoms with Crippen molar-refractivity contribution in [1.29, 1.82) is 0 Å².